The second-order valence-electron chi connectivity index (χ2n) is 3.46. The van der Waals surface area contributed by atoms with Gasteiger partial charge in [-0.2, -0.15) is 0 Å². The maximum atomic E-state index is 8.96. The van der Waals surface area contributed by atoms with Gasteiger partial charge in [0, 0.05) is 12.6 Å². The molecular formula is C11H17NO2. The van der Waals surface area contributed by atoms with Gasteiger partial charge in [-0.3, -0.25) is 0 Å². The third-order valence-corrected chi connectivity index (χ3v) is 2.40. The highest BCUT2D eigenvalue weighted by Crippen LogP contribution is 2.21. The number of rotatable bonds is 4. The zero-order valence-corrected chi connectivity index (χ0v) is 8.60. The fourth-order valence-corrected chi connectivity index (χ4v) is 1.27. The highest BCUT2D eigenvalue weighted by molar-refractivity contribution is 5.29. The summed E-state index contributed by atoms with van der Waals surface area (Å²) in [4.78, 5) is 0. The maximum Gasteiger partial charge on any atom is 0.118 e. The van der Waals surface area contributed by atoms with Gasteiger partial charge in [-0.25, -0.2) is 0 Å². The van der Waals surface area contributed by atoms with E-state index in [2.05, 4.69) is 0 Å². The predicted octanol–water partition coefficient (Wildman–Crippen LogP) is 1.32. The normalized spacial score (nSPS) is 14.9. The van der Waals surface area contributed by atoms with Crippen molar-refractivity contribution >= 4 is 0 Å². The summed E-state index contributed by atoms with van der Waals surface area (Å²) in [6, 6.07) is 7.48. The van der Waals surface area contributed by atoms with Gasteiger partial charge in [0.25, 0.3) is 0 Å². The molecule has 0 spiro atoms. The van der Waals surface area contributed by atoms with Crippen LogP contribution in [0.1, 0.15) is 18.5 Å². The summed E-state index contributed by atoms with van der Waals surface area (Å²) in [6.45, 7) is 2.03. The molecule has 14 heavy (non-hydrogen) atoms. The molecule has 3 N–H and O–H groups in total. The third-order valence-electron chi connectivity index (χ3n) is 2.40. The molecule has 78 valence electrons. The first-order chi connectivity index (χ1) is 6.69. The van der Waals surface area contributed by atoms with Gasteiger partial charge in [-0.05, 0) is 23.6 Å². The molecular weight excluding hydrogens is 178 g/mol. The number of nitrogens with two attached hydrogens (primary N) is 1. The molecule has 0 saturated carbocycles. The van der Waals surface area contributed by atoms with Crippen LogP contribution in [-0.2, 0) is 0 Å². The number of aliphatic hydroxyl groups is 1. The molecule has 0 heterocycles. The average Bonchev–Trinajstić information content (AvgIpc) is 2.27. The molecule has 1 aromatic rings. The first kappa shape index (κ1) is 11.0. The van der Waals surface area contributed by atoms with Crippen LogP contribution in [0, 0.1) is 5.92 Å². The Labute approximate surface area is 84.5 Å². The molecule has 0 aliphatic rings. The molecule has 3 nitrogen and oxygen atoms in total. The van der Waals surface area contributed by atoms with E-state index in [4.69, 9.17) is 15.6 Å². The molecule has 2 unspecified atom stereocenters. The van der Waals surface area contributed by atoms with E-state index in [-0.39, 0.29) is 18.6 Å². The zero-order chi connectivity index (χ0) is 10.6. The first-order valence-electron chi connectivity index (χ1n) is 4.69. The van der Waals surface area contributed by atoms with Crippen LogP contribution in [0.15, 0.2) is 24.3 Å². The summed E-state index contributed by atoms with van der Waals surface area (Å²) in [7, 11) is 1.63. The molecule has 0 aliphatic heterocycles. The molecule has 0 aliphatic carbocycles. The quantitative estimate of drug-likeness (QED) is 0.762. The van der Waals surface area contributed by atoms with E-state index in [1.54, 1.807) is 7.11 Å². The van der Waals surface area contributed by atoms with Gasteiger partial charge in [0.2, 0.25) is 0 Å². The minimum atomic E-state index is -0.120. The van der Waals surface area contributed by atoms with Crippen LogP contribution in [0.2, 0.25) is 0 Å². The zero-order valence-electron chi connectivity index (χ0n) is 8.60. The van der Waals surface area contributed by atoms with Crippen molar-refractivity contribution in [1.82, 2.24) is 0 Å². The van der Waals surface area contributed by atoms with Crippen molar-refractivity contribution in [2.24, 2.45) is 11.7 Å². The number of benzene rings is 1. The predicted molar refractivity (Wildman–Crippen MR) is 56.2 cm³/mol. The minimum Gasteiger partial charge on any atom is -0.497 e. The Kier molecular flexibility index (Phi) is 3.92. The van der Waals surface area contributed by atoms with Crippen LogP contribution < -0.4 is 10.5 Å². The number of ether oxygens (including phenoxy) is 1. The summed E-state index contributed by atoms with van der Waals surface area (Å²) < 4.78 is 5.05. The van der Waals surface area contributed by atoms with Crippen molar-refractivity contribution in [3.8, 4) is 5.75 Å². The molecule has 0 radical (unpaired) electrons. The van der Waals surface area contributed by atoms with Crippen LogP contribution >= 0.6 is 0 Å². The second kappa shape index (κ2) is 4.98. The Morgan fingerprint density at radius 3 is 2.36 bits per heavy atom. The molecule has 0 aromatic heterocycles. The summed E-state index contributed by atoms with van der Waals surface area (Å²) in [5.41, 5.74) is 6.96. The molecule has 0 saturated heterocycles. The molecule has 1 aromatic carbocycles. The Hall–Kier alpha value is -1.06. The molecule has 0 bridgehead atoms. The fraction of sp³-hybridized carbons (Fsp3) is 0.455. The van der Waals surface area contributed by atoms with Gasteiger partial charge in [0.15, 0.2) is 0 Å². The van der Waals surface area contributed by atoms with Crippen molar-refractivity contribution < 1.29 is 9.84 Å². The van der Waals surface area contributed by atoms with Crippen LogP contribution in [-0.4, -0.2) is 18.8 Å². The summed E-state index contributed by atoms with van der Waals surface area (Å²) in [6.07, 6.45) is 0. The number of hydrogen-bond donors (Lipinski definition) is 2. The molecule has 2 atom stereocenters. The molecule has 0 fully saturated rings. The van der Waals surface area contributed by atoms with E-state index in [0.29, 0.717) is 0 Å². The monoisotopic (exact) mass is 195 g/mol. The molecule has 1 rings (SSSR count). The topological polar surface area (TPSA) is 55.5 Å². The van der Waals surface area contributed by atoms with Crippen LogP contribution in [0.25, 0.3) is 0 Å². The highest BCUT2D eigenvalue weighted by atomic mass is 16.5. The smallest absolute Gasteiger partial charge is 0.118 e. The number of aliphatic hydroxyl groups excluding tert-OH is 1. The lowest BCUT2D eigenvalue weighted by atomic mass is 9.96. The Morgan fingerprint density at radius 2 is 1.93 bits per heavy atom. The van der Waals surface area contributed by atoms with Crippen molar-refractivity contribution in [2.45, 2.75) is 13.0 Å². The fourth-order valence-electron chi connectivity index (χ4n) is 1.27. The average molecular weight is 195 g/mol. The lowest BCUT2D eigenvalue weighted by molar-refractivity contribution is 0.217. The Bertz CT molecular complexity index is 271. The van der Waals surface area contributed by atoms with E-state index in [1.165, 1.54) is 0 Å². The van der Waals surface area contributed by atoms with Crippen molar-refractivity contribution in [1.29, 1.82) is 0 Å². The van der Waals surface area contributed by atoms with Crippen molar-refractivity contribution in [3.05, 3.63) is 29.8 Å². The van der Waals surface area contributed by atoms with Gasteiger partial charge in [0.05, 0.1) is 7.11 Å². The summed E-state index contributed by atoms with van der Waals surface area (Å²) in [5, 5.41) is 8.96. The standard InChI is InChI=1S/C11H17NO2/c1-8(7-13)11(12)9-3-5-10(14-2)6-4-9/h3-6,8,11,13H,7,12H2,1-2H3. The Morgan fingerprint density at radius 1 is 1.36 bits per heavy atom. The van der Waals surface area contributed by atoms with E-state index < -0.39 is 0 Å². The lowest BCUT2D eigenvalue weighted by Crippen LogP contribution is -2.21. The van der Waals surface area contributed by atoms with E-state index in [0.717, 1.165) is 11.3 Å². The first-order valence-corrected chi connectivity index (χ1v) is 4.69. The minimum absolute atomic E-state index is 0.0726. The number of methoxy groups -OCH3 is 1. The molecule has 0 amide bonds. The second-order valence-corrected chi connectivity index (χ2v) is 3.46. The van der Waals surface area contributed by atoms with E-state index in [1.807, 2.05) is 31.2 Å². The third kappa shape index (κ3) is 2.47. The van der Waals surface area contributed by atoms with Gasteiger partial charge in [-0.15, -0.1) is 0 Å². The Balaban J connectivity index is 2.75. The van der Waals surface area contributed by atoms with Gasteiger partial charge in [-0.1, -0.05) is 19.1 Å². The van der Waals surface area contributed by atoms with Gasteiger partial charge < -0.3 is 15.6 Å². The lowest BCUT2D eigenvalue weighted by Gasteiger charge is -2.18. The van der Waals surface area contributed by atoms with Gasteiger partial charge in [0.1, 0.15) is 5.75 Å². The van der Waals surface area contributed by atoms with Crippen LogP contribution in [0.3, 0.4) is 0 Å². The SMILES string of the molecule is COc1ccc(C(N)C(C)CO)cc1. The highest BCUT2D eigenvalue weighted by Gasteiger charge is 2.13. The van der Waals surface area contributed by atoms with E-state index >= 15 is 0 Å². The van der Waals surface area contributed by atoms with Crippen LogP contribution in [0.4, 0.5) is 0 Å². The summed E-state index contributed by atoms with van der Waals surface area (Å²) >= 11 is 0. The molecule has 3 heteroatoms. The van der Waals surface area contributed by atoms with Crippen molar-refractivity contribution in [3.63, 3.8) is 0 Å². The van der Waals surface area contributed by atoms with E-state index in [9.17, 15) is 0 Å². The van der Waals surface area contributed by atoms with Crippen LogP contribution in [0.5, 0.6) is 5.75 Å². The number of hydrogen-bond acceptors (Lipinski definition) is 3. The van der Waals surface area contributed by atoms with Gasteiger partial charge >= 0.3 is 0 Å². The largest absolute Gasteiger partial charge is 0.497 e. The summed E-state index contributed by atoms with van der Waals surface area (Å²) in [5.74, 6) is 0.890. The van der Waals surface area contributed by atoms with Crippen molar-refractivity contribution in [2.75, 3.05) is 13.7 Å². The maximum absolute atomic E-state index is 8.96.